The van der Waals surface area contributed by atoms with E-state index in [1.807, 2.05) is 24.0 Å². The van der Waals surface area contributed by atoms with Gasteiger partial charge in [-0.25, -0.2) is 0 Å². The Morgan fingerprint density at radius 2 is 2.12 bits per heavy atom. The molecule has 1 amide bonds. The molecule has 0 aromatic carbocycles. The van der Waals surface area contributed by atoms with Crippen LogP contribution in [-0.4, -0.2) is 83.8 Å². The molecule has 1 N–H and O–H groups in total. The summed E-state index contributed by atoms with van der Waals surface area (Å²) in [4.78, 5) is 19.3. The predicted octanol–water partition coefficient (Wildman–Crippen LogP) is 0.588. The molecule has 2 aliphatic heterocycles. The van der Waals surface area contributed by atoms with Crippen LogP contribution in [0, 0.1) is 0 Å². The molecule has 138 valence electrons. The summed E-state index contributed by atoms with van der Waals surface area (Å²) < 4.78 is 0. The quantitative estimate of drug-likeness (QED) is 0.813. The van der Waals surface area contributed by atoms with Crippen LogP contribution in [0.15, 0.2) is 18.3 Å². The summed E-state index contributed by atoms with van der Waals surface area (Å²) in [6.07, 6.45) is 3.98. The Hall–Kier alpha value is -1.73. The topological polar surface area (TPSA) is 64.6 Å². The molecule has 1 aromatic rings. The highest BCUT2D eigenvalue weighted by molar-refractivity contribution is 5.81. The lowest BCUT2D eigenvalue weighted by molar-refractivity contribution is -0.134. The number of anilines is 1. The lowest BCUT2D eigenvalue weighted by Gasteiger charge is -2.36. The van der Waals surface area contributed by atoms with Crippen LogP contribution in [-0.2, 0) is 4.79 Å². The minimum absolute atomic E-state index is 0.141. The monoisotopic (exact) mass is 346 g/mol. The van der Waals surface area contributed by atoms with Crippen LogP contribution in [0.5, 0.6) is 0 Å². The van der Waals surface area contributed by atoms with Crippen molar-refractivity contribution >= 4 is 11.7 Å². The van der Waals surface area contributed by atoms with Crippen molar-refractivity contribution in [1.29, 1.82) is 0 Å². The zero-order valence-electron chi connectivity index (χ0n) is 15.4. The molecule has 25 heavy (non-hydrogen) atoms. The molecule has 3 heterocycles. The summed E-state index contributed by atoms with van der Waals surface area (Å²) in [6, 6.07) is 4.17. The van der Waals surface area contributed by atoms with Gasteiger partial charge in [0.1, 0.15) is 0 Å². The molecule has 0 unspecified atom stereocenters. The fourth-order valence-electron chi connectivity index (χ4n) is 3.75. The van der Waals surface area contributed by atoms with Crippen molar-refractivity contribution < 1.29 is 4.79 Å². The number of hydrogen-bond donors (Lipinski definition) is 1. The lowest BCUT2D eigenvalue weighted by atomic mass is 10.2. The van der Waals surface area contributed by atoms with E-state index in [0.29, 0.717) is 6.04 Å². The zero-order valence-corrected chi connectivity index (χ0v) is 15.4. The number of hydrogen-bond acceptors (Lipinski definition) is 6. The predicted molar refractivity (Wildman–Crippen MR) is 98.6 cm³/mol. The Labute approximate surface area is 150 Å². The van der Waals surface area contributed by atoms with Crippen molar-refractivity contribution in [3.05, 3.63) is 18.3 Å². The second kappa shape index (κ2) is 8.58. The molecule has 7 nitrogen and oxygen atoms in total. The molecule has 1 aromatic heterocycles. The van der Waals surface area contributed by atoms with Gasteiger partial charge in [0, 0.05) is 51.5 Å². The first-order chi connectivity index (χ1) is 12.2. The molecule has 0 radical (unpaired) electrons. The SMILES string of the molecule is CCN1CCN(C(=O)[C@H](C)NC[C@H]2CCCN2c2cccnn2)CC1. The lowest BCUT2D eigenvalue weighted by Crippen LogP contribution is -2.54. The van der Waals surface area contributed by atoms with Crippen LogP contribution >= 0.6 is 0 Å². The number of carbonyl (C=O) groups is 1. The van der Waals surface area contributed by atoms with E-state index in [2.05, 4.69) is 32.2 Å². The number of likely N-dealkylation sites (N-methyl/N-ethyl adjacent to an activating group) is 1. The summed E-state index contributed by atoms with van der Waals surface area (Å²) in [5.41, 5.74) is 0. The standard InChI is InChI=1S/C18H30N6O/c1-3-22-10-12-23(13-11-22)18(25)15(2)19-14-16-6-5-9-24(16)17-7-4-8-20-21-17/h4,7-8,15-16,19H,3,5-6,9-14H2,1-2H3/t15-,16+/m0/s1. The van der Waals surface area contributed by atoms with Gasteiger partial charge in [0.05, 0.1) is 6.04 Å². The normalized spacial score (nSPS) is 23.0. The molecule has 3 rings (SSSR count). The van der Waals surface area contributed by atoms with Crippen LogP contribution in [0.3, 0.4) is 0 Å². The van der Waals surface area contributed by atoms with Crippen LogP contribution < -0.4 is 10.2 Å². The maximum atomic E-state index is 12.7. The molecule has 2 saturated heterocycles. The average Bonchev–Trinajstić information content (AvgIpc) is 3.15. The fourth-order valence-corrected chi connectivity index (χ4v) is 3.75. The summed E-state index contributed by atoms with van der Waals surface area (Å²) in [7, 11) is 0. The van der Waals surface area contributed by atoms with Crippen molar-refractivity contribution in [2.45, 2.75) is 38.8 Å². The fraction of sp³-hybridized carbons (Fsp3) is 0.722. The Balaban J connectivity index is 1.48. The molecule has 7 heteroatoms. The second-order valence-corrected chi connectivity index (χ2v) is 6.96. The maximum absolute atomic E-state index is 12.7. The molecule has 2 atom stereocenters. The third-order valence-electron chi connectivity index (χ3n) is 5.39. The number of piperazine rings is 1. The summed E-state index contributed by atoms with van der Waals surface area (Å²) >= 11 is 0. The number of rotatable bonds is 6. The van der Waals surface area contributed by atoms with Gasteiger partial charge in [-0.1, -0.05) is 6.92 Å². The number of carbonyl (C=O) groups excluding carboxylic acids is 1. The van der Waals surface area contributed by atoms with Crippen LogP contribution in [0.1, 0.15) is 26.7 Å². The van der Waals surface area contributed by atoms with Gasteiger partial charge in [0.2, 0.25) is 5.91 Å². The maximum Gasteiger partial charge on any atom is 0.239 e. The Bertz CT molecular complexity index is 546. The van der Waals surface area contributed by atoms with Crippen molar-refractivity contribution in [1.82, 2.24) is 25.3 Å². The smallest absolute Gasteiger partial charge is 0.239 e. The van der Waals surface area contributed by atoms with Crippen LogP contribution in [0.25, 0.3) is 0 Å². The molecule has 0 spiro atoms. The summed E-state index contributed by atoms with van der Waals surface area (Å²) in [5.74, 6) is 1.15. The molecule has 2 fully saturated rings. The molecule has 0 aliphatic carbocycles. The number of aromatic nitrogens is 2. The van der Waals surface area contributed by atoms with E-state index in [4.69, 9.17) is 0 Å². The third kappa shape index (κ3) is 4.46. The van der Waals surface area contributed by atoms with Crippen LogP contribution in [0.2, 0.25) is 0 Å². The van der Waals surface area contributed by atoms with Gasteiger partial charge in [-0.05, 0) is 38.4 Å². The zero-order chi connectivity index (χ0) is 17.6. The number of amides is 1. The van der Waals surface area contributed by atoms with E-state index in [-0.39, 0.29) is 11.9 Å². The van der Waals surface area contributed by atoms with Crippen molar-refractivity contribution in [3.63, 3.8) is 0 Å². The highest BCUT2D eigenvalue weighted by atomic mass is 16.2. The van der Waals surface area contributed by atoms with Crippen molar-refractivity contribution in [3.8, 4) is 0 Å². The van der Waals surface area contributed by atoms with Gasteiger partial charge < -0.3 is 20.0 Å². The highest BCUT2D eigenvalue weighted by Crippen LogP contribution is 2.22. The van der Waals surface area contributed by atoms with E-state index >= 15 is 0 Å². The highest BCUT2D eigenvalue weighted by Gasteiger charge is 2.28. The van der Waals surface area contributed by atoms with Crippen molar-refractivity contribution in [2.75, 3.05) is 50.7 Å². The third-order valence-corrected chi connectivity index (χ3v) is 5.39. The van der Waals surface area contributed by atoms with E-state index in [1.54, 1.807) is 6.20 Å². The first-order valence-corrected chi connectivity index (χ1v) is 9.48. The minimum Gasteiger partial charge on any atom is -0.351 e. The Morgan fingerprint density at radius 1 is 1.32 bits per heavy atom. The molecule has 0 bridgehead atoms. The molecule has 0 saturated carbocycles. The van der Waals surface area contributed by atoms with E-state index in [9.17, 15) is 4.79 Å². The van der Waals surface area contributed by atoms with Gasteiger partial charge in [0.15, 0.2) is 5.82 Å². The van der Waals surface area contributed by atoms with Crippen LogP contribution in [0.4, 0.5) is 5.82 Å². The minimum atomic E-state index is -0.141. The summed E-state index contributed by atoms with van der Waals surface area (Å²) in [5, 5.41) is 11.7. The Kier molecular flexibility index (Phi) is 6.20. The second-order valence-electron chi connectivity index (χ2n) is 6.96. The van der Waals surface area contributed by atoms with Gasteiger partial charge in [-0.3, -0.25) is 4.79 Å². The van der Waals surface area contributed by atoms with E-state index < -0.39 is 0 Å². The molecular formula is C18H30N6O. The summed E-state index contributed by atoms with van der Waals surface area (Å²) in [6.45, 7) is 10.7. The van der Waals surface area contributed by atoms with Gasteiger partial charge in [-0.15, -0.1) is 5.10 Å². The molecule has 2 aliphatic rings. The average molecular weight is 346 g/mol. The van der Waals surface area contributed by atoms with Gasteiger partial charge in [-0.2, -0.15) is 5.10 Å². The first-order valence-electron chi connectivity index (χ1n) is 9.48. The number of nitrogens with one attached hydrogen (secondary N) is 1. The number of nitrogens with zero attached hydrogens (tertiary/aromatic N) is 5. The largest absolute Gasteiger partial charge is 0.351 e. The van der Waals surface area contributed by atoms with Crippen molar-refractivity contribution in [2.24, 2.45) is 0 Å². The van der Waals surface area contributed by atoms with Gasteiger partial charge >= 0.3 is 0 Å². The molecular weight excluding hydrogens is 316 g/mol. The first kappa shape index (κ1) is 18.1. The Morgan fingerprint density at radius 3 is 2.80 bits per heavy atom. The van der Waals surface area contributed by atoms with Gasteiger partial charge in [0.25, 0.3) is 0 Å². The van der Waals surface area contributed by atoms with E-state index in [1.165, 1.54) is 0 Å². The van der Waals surface area contributed by atoms with E-state index in [0.717, 1.165) is 64.5 Å².